The molecule has 0 fully saturated rings. The molecular weight excluding hydrogens is 320 g/mol. The van der Waals surface area contributed by atoms with Crippen molar-refractivity contribution in [3.8, 4) is 5.75 Å². The zero-order valence-corrected chi connectivity index (χ0v) is 14.0. The molecule has 0 amide bonds. The predicted octanol–water partition coefficient (Wildman–Crippen LogP) is 4.82. The molecule has 0 aliphatic carbocycles. The maximum Gasteiger partial charge on any atom is 0.347 e. The molecule has 0 radical (unpaired) electrons. The van der Waals surface area contributed by atoms with Gasteiger partial charge in [0.05, 0.1) is 6.61 Å². The van der Waals surface area contributed by atoms with Crippen LogP contribution in [0.3, 0.4) is 0 Å². The molecule has 2 aromatic carbocycles. The van der Waals surface area contributed by atoms with E-state index in [1.807, 2.05) is 48.5 Å². The van der Waals surface area contributed by atoms with E-state index in [1.54, 1.807) is 25.6 Å². The first-order valence-corrected chi connectivity index (χ1v) is 8.14. The van der Waals surface area contributed by atoms with E-state index in [4.69, 9.17) is 21.1 Å². The van der Waals surface area contributed by atoms with Gasteiger partial charge in [-0.1, -0.05) is 23.4 Å². The Kier molecular flexibility index (Phi) is 6.16. The van der Waals surface area contributed by atoms with E-state index in [0.717, 1.165) is 14.8 Å². The van der Waals surface area contributed by atoms with Crippen LogP contribution in [0.15, 0.2) is 58.3 Å². The Balaban J connectivity index is 1.95. The second-order valence-corrected chi connectivity index (χ2v) is 6.12. The van der Waals surface area contributed by atoms with Gasteiger partial charge < -0.3 is 9.47 Å². The van der Waals surface area contributed by atoms with Gasteiger partial charge in [-0.3, -0.25) is 0 Å². The fourth-order valence-corrected chi connectivity index (χ4v) is 2.68. The highest BCUT2D eigenvalue weighted by Gasteiger charge is 2.15. The highest BCUT2D eigenvalue weighted by molar-refractivity contribution is 7.99. The van der Waals surface area contributed by atoms with Crippen LogP contribution in [0.2, 0.25) is 5.02 Å². The van der Waals surface area contributed by atoms with E-state index in [1.165, 1.54) is 0 Å². The molecule has 3 nitrogen and oxygen atoms in total. The van der Waals surface area contributed by atoms with Crippen molar-refractivity contribution in [1.82, 2.24) is 0 Å². The number of carbonyl (C=O) groups is 1. The maximum atomic E-state index is 11.5. The van der Waals surface area contributed by atoms with Gasteiger partial charge in [-0.25, -0.2) is 4.79 Å². The lowest BCUT2D eigenvalue weighted by molar-refractivity contribution is -0.150. The van der Waals surface area contributed by atoms with E-state index < -0.39 is 6.10 Å². The smallest absolute Gasteiger partial charge is 0.347 e. The number of hydrogen-bond acceptors (Lipinski definition) is 4. The quantitative estimate of drug-likeness (QED) is 0.708. The SMILES string of the molecule is CCOC(=O)C(C)Oc1ccc(Sc2ccc(Cl)cc2)cc1. The lowest BCUT2D eigenvalue weighted by atomic mass is 10.3. The van der Waals surface area contributed by atoms with Crippen LogP contribution < -0.4 is 4.74 Å². The van der Waals surface area contributed by atoms with Crippen molar-refractivity contribution in [1.29, 1.82) is 0 Å². The lowest BCUT2D eigenvalue weighted by Crippen LogP contribution is -2.25. The predicted molar refractivity (Wildman–Crippen MR) is 88.7 cm³/mol. The zero-order chi connectivity index (χ0) is 15.9. The molecule has 1 unspecified atom stereocenters. The molecule has 0 aliphatic heterocycles. The van der Waals surface area contributed by atoms with Crippen LogP contribution in [0.1, 0.15) is 13.8 Å². The summed E-state index contributed by atoms with van der Waals surface area (Å²) in [6.07, 6.45) is -0.616. The average molecular weight is 337 g/mol. The van der Waals surface area contributed by atoms with Gasteiger partial charge in [0.2, 0.25) is 0 Å². The summed E-state index contributed by atoms with van der Waals surface area (Å²) in [6, 6.07) is 15.3. The summed E-state index contributed by atoms with van der Waals surface area (Å²) in [4.78, 5) is 13.7. The van der Waals surface area contributed by atoms with Crippen LogP contribution >= 0.6 is 23.4 Å². The topological polar surface area (TPSA) is 35.5 Å². The maximum absolute atomic E-state index is 11.5. The zero-order valence-electron chi connectivity index (χ0n) is 12.4. The van der Waals surface area contributed by atoms with Gasteiger partial charge >= 0.3 is 5.97 Å². The summed E-state index contributed by atoms with van der Waals surface area (Å²) in [5, 5.41) is 0.723. The monoisotopic (exact) mass is 336 g/mol. The second kappa shape index (κ2) is 8.11. The fraction of sp³-hybridized carbons (Fsp3) is 0.235. The largest absolute Gasteiger partial charge is 0.479 e. The molecule has 0 aromatic heterocycles. The number of rotatable bonds is 6. The molecule has 0 aliphatic rings. The molecule has 5 heteroatoms. The van der Waals surface area contributed by atoms with Crippen LogP contribution in [0.25, 0.3) is 0 Å². The minimum Gasteiger partial charge on any atom is -0.479 e. The first kappa shape index (κ1) is 16.7. The van der Waals surface area contributed by atoms with Crippen molar-refractivity contribution in [3.05, 3.63) is 53.6 Å². The molecule has 1 atom stereocenters. The molecule has 0 heterocycles. The van der Waals surface area contributed by atoms with Crippen molar-refractivity contribution in [2.24, 2.45) is 0 Å². The summed E-state index contributed by atoms with van der Waals surface area (Å²) in [6.45, 7) is 3.80. The molecule has 116 valence electrons. The number of benzene rings is 2. The van der Waals surface area contributed by atoms with Crippen molar-refractivity contribution >= 4 is 29.3 Å². The van der Waals surface area contributed by atoms with Crippen molar-refractivity contribution in [2.45, 2.75) is 29.7 Å². The molecule has 0 bridgehead atoms. The second-order valence-electron chi connectivity index (χ2n) is 4.54. The van der Waals surface area contributed by atoms with E-state index >= 15 is 0 Å². The Morgan fingerprint density at radius 1 is 1.09 bits per heavy atom. The summed E-state index contributed by atoms with van der Waals surface area (Å²) in [5.74, 6) is 0.281. The Morgan fingerprint density at radius 2 is 1.64 bits per heavy atom. The minimum atomic E-state index is -0.616. The molecule has 0 saturated carbocycles. The highest BCUT2D eigenvalue weighted by atomic mass is 35.5. The van der Waals surface area contributed by atoms with E-state index in [9.17, 15) is 4.79 Å². The number of ether oxygens (including phenoxy) is 2. The van der Waals surface area contributed by atoms with Crippen molar-refractivity contribution < 1.29 is 14.3 Å². The van der Waals surface area contributed by atoms with Crippen LogP contribution in [-0.2, 0) is 9.53 Å². The molecule has 2 aromatic rings. The third kappa shape index (κ3) is 4.97. The van der Waals surface area contributed by atoms with Crippen LogP contribution in [0, 0.1) is 0 Å². The third-order valence-electron chi connectivity index (χ3n) is 2.80. The van der Waals surface area contributed by atoms with Crippen LogP contribution in [0.4, 0.5) is 0 Å². The third-order valence-corrected chi connectivity index (χ3v) is 4.07. The summed E-state index contributed by atoms with van der Waals surface area (Å²) in [7, 11) is 0. The Morgan fingerprint density at radius 3 is 2.18 bits per heavy atom. The van der Waals surface area contributed by atoms with Gasteiger partial charge in [0.1, 0.15) is 5.75 Å². The van der Waals surface area contributed by atoms with Gasteiger partial charge in [-0.05, 0) is 62.4 Å². The molecule has 0 saturated heterocycles. The molecular formula is C17H17ClO3S. The van der Waals surface area contributed by atoms with E-state index in [-0.39, 0.29) is 5.97 Å². The molecule has 0 N–H and O–H groups in total. The van der Waals surface area contributed by atoms with E-state index in [2.05, 4.69) is 0 Å². The minimum absolute atomic E-state index is 0.350. The van der Waals surface area contributed by atoms with Crippen molar-refractivity contribution in [3.63, 3.8) is 0 Å². The van der Waals surface area contributed by atoms with Gasteiger partial charge in [0.25, 0.3) is 0 Å². The Labute approximate surface area is 139 Å². The molecule has 22 heavy (non-hydrogen) atoms. The Bertz CT molecular complexity index is 611. The van der Waals surface area contributed by atoms with Crippen molar-refractivity contribution in [2.75, 3.05) is 6.61 Å². The standard InChI is InChI=1S/C17H17ClO3S/c1-3-20-17(19)12(2)21-14-6-10-16(11-7-14)22-15-8-4-13(18)5-9-15/h4-12H,3H2,1-2H3. The first-order chi connectivity index (χ1) is 10.6. The van der Waals surface area contributed by atoms with E-state index in [0.29, 0.717) is 12.4 Å². The van der Waals surface area contributed by atoms with Gasteiger partial charge in [-0.15, -0.1) is 0 Å². The lowest BCUT2D eigenvalue weighted by Gasteiger charge is -2.13. The summed E-state index contributed by atoms with van der Waals surface area (Å²) < 4.78 is 10.5. The van der Waals surface area contributed by atoms with Gasteiger partial charge in [0.15, 0.2) is 6.10 Å². The number of halogens is 1. The summed E-state index contributed by atoms with van der Waals surface area (Å²) >= 11 is 7.50. The average Bonchev–Trinajstić information content (AvgIpc) is 2.51. The fourth-order valence-electron chi connectivity index (χ4n) is 1.74. The molecule has 0 spiro atoms. The summed E-state index contributed by atoms with van der Waals surface area (Å²) in [5.41, 5.74) is 0. The van der Waals surface area contributed by atoms with Gasteiger partial charge in [-0.2, -0.15) is 0 Å². The number of esters is 1. The first-order valence-electron chi connectivity index (χ1n) is 6.95. The normalized spacial score (nSPS) is 11.8. The van der Waals surface area contributed by atoms with Crippen LogP contribution in [-0.4, -0.2) is 18.7 Å². The highest BCUT2D eigenvalue weighted by Crippen LogP contribution is 2.29. The van der Waals surface area contributed by atoms with Crippen LogP contribution in [0.5, 0.6) is 5.75 Å². The number of hydrogen-bond donors (Lipinski definition) is 0. The number of carbonyl (C=O) groups excluding carboxylic acids is 1. The Hall–Kier alpha value is -1.65. The van der Waals surface area contributed by atoms with Gasteiger partial charge in [0, 0.05) is 14.8 Å². The molecule has 2 rings (SSSR count).